The van der Waals surface area contributed by atoms with Crippen molar-refractivity contribution in [2.75, 3.05) is 13.1 Å². The number of nitrogens with one attached hydrogen (secondary N) is 1. The first-order valence-corrected chi connectivity index (χ1v) is 7.23. The quantitative estimate of drug-likeness (QED) is 0.822. The minimum atomic E-state index is -3.48. The van der Waals surface area contributed by atoms with Gasteiger partial charge in [-0.1, -0.05) is 12.1 Å². The fourth-order valence-electron chi connectivity index (χ4n) is 2.02. The highest BCUT2D eigenvalue weighted by molar-refractivity contribution is 7.89. The molecule has 96 valence electrons. The minimum Gasteiger partial charge on any atom is -0.309 e. The number of aryl methyl sites for hydroxylation is 1. The number of benzene rings is 1. The number of hydrogen-bond acceptors (Lipinski definition) is 4. The van der Waals surface area contributed by atoms with E-state index in [-0.39, 0.29) is 10.9 Å². The summed E-state index contributed by atoms with van der Waals surface area (Å²) in [6, 6.07) is 6.60. The van der Waals surface area contributed by atoms with Crippen molar-refractivity contribution in [2.24, 2.45) is 0 Å². The second kappa shape index (κ2) is 4.96. The standard InChI is InChI=1S/C12H15N3O2S/c1-10-3-2-4-12(7-10)18(16,17)14-11-5-6-15(8-11)9-13/h2-4,7,11,14H,5-6,8H2,1H3/t11-/m1/s1. The Kier molecular flexibility index (Phi) is 3.55. The monoisotopic (exact) mass is 265 g/mol. The zero-order valence-electron chi connectivity index (χ0n) is 10.1. The number of rotatable bonds is 3. The van der Waals surface area contributed by atoms with Gasteiger partial charge in [0, 0.05) is 19.1 Å². The van der Waals surface area contributed by atoms with E-state index in [1.165, 1.54) is 0 Å². The Morgan fingerprint density at radius 3 is 2.89 bits per heavy atom. The van der Waals surface area contributed by atoms with Crippen LogP contribution in [0.3, 0.4) is 0 Å². The first-order valence-electron chi connectivity index (χ1n) is 5.75. The highest BCUT2D eigenvalue weighted by Gasteiger charge is 2.26. The van der Waals surface area contributed by atoms with Crippen LogP contribution in [0.15, 0.2) is 29.2 Å². The van der Waals surface area contributed by atoms with Crippen molar-refractivity contribution in [3.05, 3.63) is 29.8 Å². The molecule has 0 aliphatic carbocycles. The van der Waals surface area contributed by atoms with Gasteiger partial charge in [0.05, 0.1) is 4.90 Å². The summed E-state index contributed by atoms with van der Waals surface area (Å²) in [5.41, 5.74) is 0.906. The fourth-order valence-corrected chi connectivity index (χ4v) is 3.38. The summed E-state index contributed by atoms with van der Waals surface area (Å²) >= 11 is 0. The van der Waals surface area contributed by atoms with Gasteiger partial charge in [0.1, 0.15) is 0 Å². The molecular weight excluding hydrogens is 250 g/mol. The first kappa shape index (κ1) is 12.9. The van der Waals surface area contributed by atoms with Crippen molar-refractivity contribution in [1.82, 2.24) is 9.62 Å². The van der Waals surface area contributed by atoms with E-state index >= 15 is 0 Å². The third-order valence-electron chi connectivity index (χ3n) is 2.95. The van der Waals surface area contributed by atoms with E-state index in [0.717, 1.165) is 5.56 Å². The first-order chi connectivity index (χ1) is 8.51. The van der Waals surface area contributed by atoms with E-state index in [0.29, 0.717) is 19.5 Å². The van der Waals surface area contributed by atoms with Crippen LogP contribution in [0, 0.1) is 18.4 Å². The Bertz CT molecular complexity index is 577. The van der Waals surface area contributed by atoms with Crippen LogP contribution in [-0.4, -0.2) is 32.4 Å². The molecule has 0 amide bonds. The number of nitrogens with zero attached hydrogens (tertiary/aromatic N) is 2. The Morgan fingerprint density at radius 1 is 1.50 bits per heavy atom. The topological polar surface area (TPSA) is 73.2 Å². The molecule has 0 aromatic heterocycles. The van der Waals surface area contributed by atoms with Gasteiger partial charge in [0.15, 0.2) is 6.19 Å². The van der Waals surface area contributed by atoms with Gasteiger partial charge in [-0.2, -0.15) is 5.26 Å². The normalized spacial score (nSPS) is 19.8. The van der Waals surface area contributed by atoms with Crippen molar-refractivity contribution in [3.8, 4) is 6.19 Å². The minimum absolute atomic E-state index is 0.185. The second-order valence-electron chi connectivity index (χ2n) is 4.47. The van der Waals surface area contributed by atoms with Crippen LogP contribution < -0.4 is 4.72 Å². The molecule has 1 atom stereocenters. The lowest BCUT2D eigenvalue weighted by Gasteiger charge is -2.13. The van der Waals surface area contributed by atoms with Crippen LogP contribution in [0.5, 0.6) is 0 Å². The molecule has 0 spiro atoms. The lowest BCUT2D eigenvalue weighted by atomic mass is 10.2. The molecule has 1 aliphatic heterocycles. The van der Waals surface area contributed by atoms with Crippen molar-refractivity contribution < 1.29 is 8.42 Å². The summed E-state index contributed by atoms with van der Waals surface area (Å²) in [7, 11) is -3.48. The zero-order chi connectivity index (χ0) is 13.2. The molecule has 0 radical (unpaired) electrons. The molecule has 1 aliphatic rings. The molecule has 0 unspecified atom stereocenters. The fraction of sp³-hybridized carbons (Fsp3) is 0.417. The molecule has 1 heterocycles. The van der Waals surface area contributed by atoms with E-state index in [1.54, 1.807) is 23.1 Å². The summed E-state index contributed by atoms with van der Waals surface area (Å²) in [4.78, 5) is 1.83. The Morgan fingerprint density at radius 2 is 2.28 bits per heavy atom. The molecule has 18 heavy (non-hydrogen) atoms. The van der Waals surface area contributed by atoms with Gasteiger partial charge in [0.2, 0.25) is 10.0 Å². The number of nitriles is 1. The van der Waals surface area contributed by atoms with E-state index in [2.05, 4.69) is 4.72 Å². The SMILES string of the molecule is Cc1cccc(S(=O)(=O)N[C@@H]2CCN(C#N)C2)c1. The van der Waals surface area contributed by atoms with Gasteiger partial charge in [0.25, 0.3) is 0 Å². The maximum absolute atomic E-state index is 12.1. The summed E-state index contributed by atoms with van der Waals surface area (Å²) in [6.45, 7) is 2.91. The van der Waals surface area contributed by atoms with Gasteiger partial charge in [-0.05, 0) is 31.0 Å². The molecule has 0 bridgehead atoms. The second-order valence-corrected chi connectivity index (χ2v) is 6.18. The largest absolute Gasteiger partial charge is 0.309 e. The zero-order valence-corrected chi connectivity index (χ0v) is 10.9. The van der Waals surface area contributed by atoms with Crippen LogP contribution in [0.4, 0.5) is 0 Å². The van der Waals surface area contributed by atoms with Gasteiger partial charge in [-0.15, -0.1) is 0 Å². The van der Waals surface area contributed by atoms with Gasteiger partial charge >= 0.3 is 0 Å². The van der Waals surface area contributed by atoms with Gasteiger partial charge in [-0.25, -0.2) is 13.1 Å². The van der Waals surface area contributed by atoms with Crippen molar-refractivity contribution in [2.45, 2.75) is 24.3 Å². The van der Waals surface area contributed by atoms with Crippen molar-refractivity contribution in [1.29, 1.82) is 5.26 Å². The van der Waals surface area contributed by atoms with E-state index in [4.69, 9.17) is 5.26 Å². The molecule has 1 fully saturated rings. The molecule has 6 heteroatoms. The lowest BCUT2D eigenvalue weighted by molar-refractivity contribution is 0.470. The summed E-state index contributed by atoms with van der Waals surface area (Å²) in [6.07, 6.45) is 2.69. The van der Waals surface area contributed by atoms with E-state index in [1.807, 2.05) is 19.2 Å². The Labute approximate surface area is 107 Å². The molecule has 2 rings (SSSR count). The smallest absolute Gasteiger partial charge is 0.240 e. The summed E-state index contributed by atoms with van der Waals surface area (Å²) < 4.78 is 26.9. The molecule has 5 nitrogen and oxygen atoms in total. The number of hydrogen-bond donors (Lipinski definition) is 1. The Balaban J connectivity index is 2.12. The molecule has 1 N–H and O–H groups in total. The van der Waals surface area contributed by atoms with Crippen LogP contribution in [-0.2, 0) is 10.0 Å². The van der Waals surface area contributed by atoms with Crippen molar-refractivity contribution >= 4 is 10.0 Å². The maximum atomic E-state index is 12.1. The van der Waals surface area contributed by atoms with Gasteiger partial charge in [-0.3, -0.25) is 0 Å². The average Bonchev–Trinajstić information content (AvgIpc) is 2.76. The summed E-state index contributed by atoms with van der Waals surface area (Å²) in [5.74, 6) is 0. The Hall–Kier alpha value is -1.58. The molecule has 1 aromatic rings. The van der Waals surface area contributed by atoms with Gasteiger partial charge < -0.3 is 4.90 Å². The third kappa shape index (κ3) is 2.81. The average molecular weight is 265 g/mol. The third-order valence-corrected chi connectivity index (χ3v) is 4.47. The number of sulfonamides is 1. The predicted molar refractivity (Wildman–Crippen MR) is 67.1 cm³/mol. The number of likely N-dealkylation sites (tertiary alicyclic amines) is 1. The molecular formula is C12H15N3O2S. The van der Waals surface area contributed by atoms with E-state index < -0.39 is 10.0 Å². The van der Waals surface area contributed by atoms with E-state index in [9.17, 15) is 8.42 Å². The highest BCUT2D eigenvalue weighted by Crippen LogP contribution is 2.14. The molecule has 0 saturated carbocycles. The van der Waals surface area contributed by atoms with Crippen LogP contribution >= 0.6 is 0 Å². The maximum Gasteiger partial charge on any atom is 0.240 e. The summed E-state index contributed by atoms with van der Waals surface area (Å²) in [5, 5.41) is 8.73. The molecule has 1 aromatic carbocycles. The van der Waals surface area contributed by atoms with Crippen LogP contribution in [0.2, 0.25) is 0 Å². The highest BCUT2D eigenvalue weighted by atomic mass is 32.2. The predicted octanol–water partition coefficient (Wildman–Crippen LogP) is 0.829. The van der Waals surface area contributed by atoms with Crippen LogP contribution in [0.25, 0.3) is 0 Å². The van der Waals surface area contributed by atoms with Crippen LogP contribution in [0.1, 0.15) is 12.0 Å². The van der Waals surface area contributed by atoms with Crippen molar-refractivity contribution in [3.63, 3.8) is 0 Å². The lowest BCUT2D eigenvalue weighted by Crippen LogP contribution is -2.36. The molecule has 1 saturated heterocycles.